The molecule has 0 saturated carbocycles. The van der Waals surface area contributed by atoms with Gasteiger partial charge in [0.1, 0.15) is 0 Å². The van der Waals surface area contributed by atoms with Gasteiger partial charge in [-0.25, -0.2) is 0 Å². The standard InChI is InChI=1S/C9H12ClN3O2/c1-6(5-11)12-9-3-2-7(13(14)15)4-8(9)10/h2-4,6,12H,5,11H2,1H3. The van der Waals surface area contributed by atoms with Crippen LogP contribution in [-0.4, -0.2) is 17.5 Å². The number of hydrogen-bond acceptors (Lipinski definition) is 4. The number of rotatable bonds is 4. The number of benzene rings is 1. The molecule has 1 rings (SSSR count). The SMILES string of the molecule is CC(CN)Nc1ccc([N+](=O)[O-])cc1Cl. The first-order valence-electron chi connectivity index (χ1n) is 4.45. The van der Waals surface area contributed by atoms with Gasteiger partial charge >= 0.3 is 0 Å². The Kier molecular flexibility index (Phi) is 3.88. The molecular formula is C9H12ClN3O2. The Morgan fingerprint density at radius 1 is 1.67 bits per heavy atom. The molecule has 6 heteroatoms. The van der Waals surface area contributed by atoms with Gasteiger partial charge in [-0.05, 0) is 13.0 Å². The zero-order valence-corrected chi connectivity index (χ0v) is 8.99. The number of non-ortho nitro benzene ring substituents is 1. The lowest BCUT2D eigenvalue weighted by Gasteiger charge is -2.13. The number of anilines is 1. The summed E-state index contributed by atoms with van der Waals surface area (Å²) >= 11 is 5.87. The van der Waals surface area contributed by atoms with Crippen molar-refractivity contribution in [2.75, 3.05) is 11.9 Å². The molecule has 0 heterocycles. The van der Waals surface area contributed by atoms with Crippen LogP contribution in [0.25, 0.3) is 0 Å². The van der Waals surface area contributed by atoms with E-state index in [0.717, 1.165) is 0 Å². The third-order valence-corrected chi connectivity index (χ3v) is 2.23. The van der Waals surface area contributed by atoms with E-state index in [-0.39, 0.29) is 11.7 Å². The lowest BCUT2D eigenvalue weighted by Crippen LogP contribution is -2.25. The summed E-state index contributed by atoms with van der Waals surface area (Å²) in [5.74, 6) is 0. The van der Waals surface area contributed by atoms with Crippen LogP contribution in [0.15, 0.2) is 18.2 Å². The Labute approximate surface area is 92.4 Å². The van der Waals surface area contributed by atoms with Crippen LogP contribution in [0, 0.1) is 10.1 Å². The molecule has 0 saturated heterocycles. The highest BCUT2D eigenvalue weighted by molar-refractivity contribution is 6.33. The molecule has 1 aromatic rings. The highest BCUT2D eigenvalue weighted by Gasteiger charge is 2.10. The lowest BCUT2D eigenvalue weighted by atomic mass is 10.2. The van der Waals surface area contributed by atoms with Crippen molar-refractivity contribution in [1.29, 1.82) is 0 Å². The van der Waals surface area contributed by atoms with Gasteiger partial charge in [0.2, 0.25) is 0 Å². The minimum Gasteiger partial charge on any atom is -0.380 e. The normalized spacial score (nSPS) is 12.2. The molecule has 0 amide bonds. The second-order valence-corrected chi connectivity index (χ2v) is 3.61. The quantitative estimate of drug-likeness (QED) is 0.611. The van der Waals surface area contributed by atoms with E-state index < -0.39 is 4.92 Å². The monoisotopic (exact) mass is 229 g/mol. The highest BCUT2D eigenvalue weighted by Crippen LogP contribution is 2.26. The zero-order valence-electron chi connectivity index (χ0n) is 8.24. The third-order valence-electron chi connectivity index (χ3n) is 1.92. The second kappa shape index (κ2) is 4.95. The van der Waals surface area contributed by atoms with E-state index in [2.05, 4.69) is 5.32 Å². The van der Waals surface area contributed by atoms with Crippen molar-refractivity contribution in [3.63, 3.8) is 0 Å². The van der Waals surface area contributed by atoms with Gasteiger partial charge in [-0.3, -0.25) is 10.1 Å². The van der Waals surface area contributed by atoms with Crippen LogP contribution in [-0.2, 0) is 0 Å². The fraction of sp³-hybridized carbons (Fsp3) is 0.333. The average Bonchev–Trinajstić information content (AvgIpc) is 2.20. The minimum absolute atomic E-state index is 0.0223. The van der Waals surface area contributed by atoms with E-state index in [4.69, 9.17) is 17.3 Å². The van der Waals surface area contributed by atoms with E-state index in [1.165, 1.54) is 12.1 Å². The number of nitro groups is 1. The average molecular weight is 230 g/mol. The van der Waals surface area contributed by atoms with Gasteiger partial charge in [0, 0.05) is 24.7 Å². The predicted octanol–water partition coefficient (Wildman–Crippen LogP) is 2.01. The van der Waals surface area contributed by atoms with Crippen LogP contribution in [0.3, 0.4) is 0 Å². The second-order valence-electron chi connectivity index (χ2n) is 3.20. The molecule has 15 heavy (non-hydrogen) atoms. The summed E-state index contributed by atoms with van der Waals surface area (Å²) in [6.07, 6.45) is 0. The van der Waals surface area contributed by atoms with Gasteiger partial charge < -0.3 is 11.1 Å². The largest absolute Gasteiger partial charge is 0.380 e. The molecule has 1 atom stereocenters. The third kappa shape index (κ3) is 3.07. The summed E-state index contributed by atoms with van der Waals surface area (Å²) in [6.45, 7) is 2.37. The van der Waals surface area contributed by atoms with Gasteiger partial charge in [-0.15, -0.1) is 0 Å². The smallest absolute Gasteiger partial charge is 0.271 e. The van der Waals surface area contributed by atoms with Gasteiger partial charge in [-0.2, -0.15) is 0 Å². The van der Waals surface area contributed by atoms with Crippen molar-refractivity contribution in [2.45, 2.75) is 13.0 Å². The molecule has 0 bridgehead atoms. The van der Waals surface area contributed by atoms with Crippen molar-refractivity contribution in [3.8, 4) is 0 Å². The number of nitro benzene ring substituents is 1. The van der Waals surface area contributed by atoms with Crippen LogP contribution in [0.4, 0.5) is 11.4 Å². The Hall–Kier alpha value is -1.33. The van der Waals surface area contributed by atoms with Crippen LogP contribution >= 0.6 is 11.6 Å². The molecule has 0 aliphatic carbocycles. The van der Waals surface area contributed by atoms with Crippen molar-refractivity contribution in [3.05, 3.63) is 33.3 Å². The molecule has 82 valence electrons. The summed E-state index contributed by atoms with van der Waals surface area (Å²) in [5, 5.41) is 13.8. The molecule has 0 aliphatic rings. The van der Waals surface area contributed by atoms with Gasteiger partial charge in [0.05, 0.1) is 15.6 Å². The number of nitrogens with two attached hydrogens (primary N) is 1. The summed E-state index contributed by atoms with van der Waals surface area (Å²) in [6, 6.07) is 4.36. The van der Waals surface area contributed by atoms with Crippen molar-refractivity contribution in [1.82, 2.24) is 0 Å². The Morgan fingerprint density at radius 2 is 2.33 bits per heavy atom. The van der Waals surface area contributed by atoms with E-state index in [1.807, 2.05) is 6.92 Å². The summed E-state index contributed by atoms with van der Waals surface area (Å²) in [7, 11) is 0. The van der Waals surface area contributed by atoms with Crippen LogP contribution < -0.4 is 11.1 Å². The summed E-state index contributed by atoms with van der Waals surface area (Å²) in [4.78, 5) is 9.97. The molecule has 5 nitrogen and oxygen atoms in total. The van der Waals surface area contributed by atoms with Crippen molar-refractivity contribution in [2.24, 2.45) is 5.73 Å². The lowest BCUT2D eigenvalue weighted by molar-refractivity contribution is -0.384. The Bertz CT molecular complexity index is 370. The maximum Gasteiger partial charge on any atom is 0.271 e. The number of hydrogen-bond donors (Lipinski definition) is 2. The topological polar surface area (TPSA) is 81.2 Å². The van der Waals surface area contributed by atoms with Crippen LogP contribution in [0.2, 0.25) is 5.02 Å². The first-order chi connectivity index (χ1) is 7.04. The van der Waals surface area contributed by atoms with Gasteiger partial charge in [0.15, 0.2) is 0 Å². The fourth-order valence-corrected chi connectivity index (χ4v) is 1.29. The summed E-state index contributed by atoms with van der Waals surface area (Å²) in [5.41, 5.74) is 6.06. The first kappa shape index (κ1) is 11.7. The van der Waals surface area contributed by atoms with Gasteiger partial charge in [0.25, 0.3) is 5.69 Å². The van der Waals surface area contributed by atoms with Crippen LogP contribution in [0.5, 0.6) is 0 Å². The Balaban J connectivity index is 2.88. The van der Waals surface area contributed by atoms with E-state index in [9.17, 15) is 10.1 Å². The molecule has 1 aromatic carbocycles. The molecule has 0 aromatic heterocycles. The van der Waals surface area contributed by atoms with E-state index in [0.29, 0.717) is 17.3 Å². The molecule has 0 spiro atoms. The van der Waals surface area contributed by atoms with Crippen molar-refractivity contribution < 1.29 is 4.92 Å². The molecule has 0 fully saturated rings. The number of nitrogens with zero attached hydrogens (tertiary/aromatic N) is 1. The maximum atomic E-state index is 10.4. The van der Waals surface area contributed by atoms with E-state index >= 15 is 0 Å². The Morgan fingerprint density at radius 3 is 2.80 bits per heavy atom. The van der Waals surface area contributed by atoms with Crippen molar-refractivity contribution >= 4 is 23.0 Å². The predicted molar refractivity (Wildman–Crippen MR) is 60.2 cm³/mol. The molecular weight excluding hydrogens is 218 g/mol. The fourth-order valence-electron chi connectivity index (χ4n) is 1.06. The maximum absolute atomic E-state index is 10.4. The first-order valence-corrected chi connectivity index (χ1v) is 4.83. The molecule has 1 unspecified atom stereocenters. The number of nitrogens with one attached hydrogen (secondary N) is 1. The van der Waals surface area contributed by atoms with Gasteiger partial charge in [-0.1, -0.05) is 11.6 Å². The van der Waals surface area contributed by atoms with Crippen LogP contribution in [0.1, 0.15) is 6.92 Å². The minimum atomic E-state index is -0.484. The summed E-state index contributed by atoms with van der Waals surface area (Å²) < 4.78 is 0. The molecule has 3 N–H and O–H groups in total. The molecule has 0 radical (unpaired) electrons. The van der Waals surface area contributed by atoms with E-state index in [1.54, 1.807) is 6.07 Å². The highest BCUT2D eigenvalue weighted by atomic mass is 35.5. The number of halogens is 1. The zero-order chi connectivity index (χ0) is 11.4. The molecule has 0 aliphatic heterocycles.